The van der Waals surface area contributed by atoms with E-state index < -0.39 is 11.7 Å². The maximum Gasteiger partial charge on any atom is 0.257 e. The van der Waals surface area contributed by atoms with Gasteiger partial charge in [-0.2, -0.15) is 0 Å². The van der Waals surface area contributed by atoms with Crippen LogP contribution in [0, 0.1) is 5.82 Å². The van der Waals surface area contributed by atoms with Crippen molar-refractivity contribution < 1.29 is 19.0 Å². The minimum Gasteiger partial charge on any atom is -0.438 e. The molecule has 26 heavy (non-hydrogen) atoms. The number of thioether (sulfide) groups is 1. The molecule has 1 fully saturated rings. The van der Waals surface area contributed by atoms with Gasteiger partial charge in [-0.25, -0.2) is 9.37 Å². The molecular weight excluding hydrogens is 355 g/mol. The SMILES string of the molecule is CSc1cccc(Oc2ncc(F)cc2C(=O)N[C@H]2CC[C@H](O)CC2)c1. The molecule has 5 nitrogen and oxygen atoms in total. The molecule has 1 aliphatic carbocycles. The Morgan fingerprint density at radius 2 is 2.08 bits per heavy atom. The van der Waals surface area contributed by atoms with Gasteiger partial charge in [0.1, 0.15) is 17.1 Å². The molecule has 0 spiro atoms. The van der Waals surface area contributed by atoms with E-state index in [1.807, 2.05) is 24.5 Å². The average Bonchev–Trinajstić information content (AvgIpc) is 2.65. The molecule has 1 amide bonds. The van der Waals surface area contributed by atoms with E-state index in [9.17, 15) is 14.3 Å². The summed E-state index contributed by atoms with van der Waals surface area (Å²) in [6.45, 7) is 0. The lowest BCUT2D eigenvalue weighted by atomic mass is 9.93. The fraction of sp³-hybridized carbons (Fsp3) is 0.368. The Balaban J connectivity index is 1.77. The lowest BCUT2D eigenvalue weighted by molar-refractivity contribution is 0.0864. The molecule has 0 bridgehead atoms. The monoisotopic (exact) mass is 376 g/mol. The van der Waals surface area contributed by atoms with Crippen LogP contribution in [0.5, 0.6) is 11.6 Å². The Kier molecular flexibility index (Phi) is 6.11. The molecule has 0 atom stereocenters. The van der Waals surface area contributed by atoms with Gasteiger partial charge in [-0.3, -0.25) is 4.79 Å². The van der Waals surface area contributed by atoms with E-state index in [0.717, 1.165) is 17.2 Å². The Labute approximate surface area is 156 Å². The van der Waals surface area contributed by atoms with Crippen molar-refractivity contribution in [2.45, 2.75) is 42.7 Å². The van der Waals surface area contributed by atoms with Crippen molar-refractivity contribution in [3.63, 3.8) is 0 Å². The van der Waals surface area contributed by atoms with Crippen molar-refractivity contribution in [2.24, 2.45) is 0 Å². The van der Waals surface area contributed by atoms with E-state index in [-0.39, 0.29) is 23.6 Å². The van der Waals surface area contributed by atoms with Crippen molar-refractivity contribution in [1.29, 1.82) is 0 Å². The molecule has 0 radical (unpaired) electrons. The van der Waals surface area contributed by atoms with Gasteiger partial charge in [-0.15, -0.1) is 11.8 Å². The van der Waals surface area contributed by atoms with Crippen molar-refractivity contribution in [3.05, 3.63) is 47.9 Å². The number of benzene rings is 1. The highest BCUT2D eigenvalue weighted by Crippen LogP contribution is 2.27. The van der Waals surface area contributed by atoms with Crippen LogP contribution in [0.4, 0.5) is 4.39 Å². The van der Waals surface area contributed by atoms with E-state index in [1.54, 1.807) is 17.8 Å². The van der Waals surface area contributed by atoms with E-state index in [0.29, 0.717) is 31.4 Å². The first-order valence-electron chi connectivity index (χ1n) is 8.51. The van der Waals surface area contributed by atoms with Crippen LogP contribution in [-0.4, -0.2) is 34.4 Å². The number of nitrogens with one attached hydrogen (secondary N) is 1. The Morgan fingerprint density at radius 1 is 1.31 bits per heavy atom. The summed E-state index contributed by atoms with van der Waals surface area (Å²) in [6, 6.07) is 8.48. The molecule has 1 aromatic heterocycles. The predicted octanol–water partition coefficient (Wildman–Crippen LogP) is 3.77. The van der Waals surface area contributed by atoms with Crippen LogP contribution < -0.4 is 10.1 Å². The van der Waals surface area contributed by atoms with Crippen LogP contribution in [-0.2, 0) is 0 Å². The van der Waals surface area contributed by atoms with E-state index in [2.05, 4.69) is 10.3 Å². The second-order valence-electron chi connectivity index (χ2n) is 6.27. The zero-order valence-corrected chi connectivity index (χ0v) is 15.3. The summed E-state index contributed by atoms with van der Waals surface area (Å²) < 4.78 is 19.4. The highest BCUT2D eigenvalue weighted by Gasteiger charge is 2.23. The van der Waals surface area contributed by atoms with E-state index in [4.69, 9.17) is 4.74 Å². The number of aliphatic hydroxyl groups excluding tert-OH is 1. The lowest BCUT2D eigenvalue weighted by Gasteiger charge is -2.26. The number of halogens is 1. The minimum atomic E-state index is -0.598. The third-order valence-corrected chi connectivity index (χ3v) is 5.08. The van der Waals surface area contributed by atoms with Crippen LogP contribution in [0.15, 0.2) is 41.4 Å². The first-order chi connectivity index (χ1) is 12.5. The minimum absolute atomic E-state index is 0.0400. The fourth-order valence-electron chi connectivity index (χ4n) is 2.93. The van der Waals surface area contributed by atoms with Gasteiger partial charge in [0, 0.05) is 10.9 Å². The number of hydrogen-bond donors (Lipinski definition) is 2. The van der Waals surface area contributed by atoms with Gasteiger partial charge in [-0.1, -0.05) is 6.07 Å². The van der Waals surface area contributed by atoms with Crippen LogP contribution in [0.25, 0.3) is 0 Å². The highest BCUT2D eigenvalue weighted by atomic mass is 32.2. The molecule has 1 heterocycles. The van der Waals surface area contributed by atoms with Crippen LogP contribution in [0.3, 0.4) is 0 Å². The number of hydrogen-bond acceptors (Lipinski definition) is 5. The summed E-state index contributed by atoms with van der Waals surface area (Å²) in [5.41, 5.74) is 0.0608. The normalized spacial score (nSPS) is 19.8. The zero-order chi connectivity index (χ0) is 18.5. The van der Waals surface area contributed by atoms with Gasteiger partial charge in [0.15, 0.2) is 0 Å². The topological polar surface area (TPSA) is 71.5 Å². The summed E-state index contributed by atoms with van der Waals surface area (Å²) in [7, 11) is 0. The van der Waals surface area contributed by atoms with Crippen molar-refractivity contribution in [3.8, 4) is 11.6 Å². The summed E-state index contributed by atoms with van der Waals surface area (Å²) >= 11 is 1.57. The predicted molar refractivity (Wildman–Crippen MR) is 98.2 cm³/mol. The molecule has 1 aliphatic rings. The Bertz CT molecular complexity index is 779. The fourth-order valence-corrected chi connectivity index (χ4v) is 3.38. The summed E-state index contributed by atoms with van der Waals surface area (Å²) in [5, 5.41) is 12.5. The number of nitrogens with zero attached hydrogens (tertiary/aromatic N) is 1. The smallest absolute Gasteiger partial charge is 0.257 e. The average molecular weight is 376 g/mol. The standard InChI is InChI=1S/C19H21FN2O3S/c1-26-16-4-2-3-15(10-16)25-19-17(9-12(20)11-21-19)18(24)22-13-5-7-14(23)8-6-13/h2-4,9-11,13-14,23H,5-8H2,1H3,(H,22,24)/t13-,14-. The molecular formula is C19H21FN2O3S. The second-order valence-corrected chi connectivity index (χ2v) is 7.15. The van der Waals surface area contributed by atoms with Crippen molar-refractivity contribution >= 4 is 17.7 Å². The first-order valence-corrected chi connectivity index (χ1v) is 9.74. The van der Waals surface area contributed by atoms with Crippen molar-refractivity contribution in [2.75, 3.05) is 6.26 Å². The maximum atomic E-state index is 13.7. The van der Waals surface area contributed by atoms with Gasteiger partial charge < -0.3 is 15.2 Å². The van der Waals surface area contributed by atoms with Crippen molar-refractivity contribution in [1.82, 2.24) is 10.3 Å². The molecule has 1 saturated carbocycles. The van der Waals surface area contributed by atoms with E-state index in [1.165, 1.54) is 0 Å². The molecule has 1 aromatic carbocycles. The number of carbonyl (C=O) groups excluding carboxylic acids is 1. The number of ether oxygens (including phenoxy) is 1. The molecule has 0 saturated heterocycles. The number of aromatic nitrogens is 1. The van der Waals surface area contributed by atoms with E-state index >= 15 is 0 Å². The second kappa shape index (κ2) is 8.51. The third kappa shape index (κ3) is 4.74. The van der Waals surface area contributed by atoms with Gasteiger partial charge in [0.2, 0.25) is 5.88 Å². The zero-order valence-electron chi connectivity index (χ0n) is 14.4. The number of rotatable bonds is 5. The molecule has 138 valence electrons. The summed E-state index contributed by atoms with van der Waals surface area (Å²) in [4.78, 5) is 17.6. The molecule has 3 rings (SSSR count). The number of pyridine rings is 1. The number of aliphatic hydroxyl groups is 1. The largest absolute Gasteiger partial charge is 0.438 e. The quantitative estimate of drug-likeness (QED) is 0.778. The first kappa shape index (κ1) is 18.7. The number of carbonyl (C=O) groups is 1. The molecule has 2 aromatic rings. The Morgan fingerprint density at radius 3 is 2.81 bits per heavy atom. The Hall–Kier alpha value is -2.12. The molecule has 2 N–H and O–H groups in total. The van der Waals surface area contributed by atoms with Gasteiger partial charge in [0.05, 0.1) is 12.3 Å². The van der Waals surface area contributed by atoms with Gasteiger partial charge in [-0.05, 0) is 56.2 Å². The number of amides is 1. The summed E-state index contributed by atoms with van der Waals surface area (Å²) in [5.74, 6) is -0.419. The molecule has 7 heteroatoms. The summed E-state index contributed by atoms with van der Waals surface area (Å²) in [6.07, 6.45) is 5.37. The van der Waals surface area contributed by atoms with Crippen LogP contribution in [0.1, 0.15) is 36.0 Å². The van der Waals surface area contributed by atoms with Crippen LogP contribution >= 0.6 is 11.8 Å². The van der Waals surface area contributed by atoms with Gasteiger partial charge >= 0.3 is 0 Å². The van der Waals surface area contributed by atoms with Crippen LogP contribution in [0.2, 0.25) is 0 Å². The highest BCUT2D eigenvalue weighted by molar-refractivity contribution is 7.98. The molecule has 0 unspecified atom stereocenters. The molecule has 0 aliphatic heterocycles. The van der Waals surface area contributed by atoms with Gasteiger partial charge in [0.25, 0.3) is 5.91 Å². The third-order valence-electron chi connectivity index (χ3n) is 4.35. The maximum absolute atomic E-state index is 13.7. The lowest BCUT2D eigenvalue weighted by Crippen LogP contribution is -2.38.